The van der Waals surface area contributed by atoms with Gasteiger partial charge in [0.25, 0.3) is 0 Å². The lowest BCUT2D eigenvalue weighted by Crippen LogP contribution is -2.45. The van der Waals surface area contributed by atoms with Crippen LogP contribution in [0.25, 0.3) is 11.4 Å². The Bertz CT molecular complexity index is 682. The highest BCUT2D eigenvalue weighted by molar-refractivity contribution is 5.74. The molecule has 0 aromatic carbocycles. The summed E-state index contributed by atoms with van der Waals surface area (Å²) in [6, 6.07) is 3.71. The van der Waals surface area contributed by atoms with Gasteiger partial charge in [-0.2, -0.15) is 4.98 Å². The van der Waals surface area contributed by atoms with Crippen LogP contribution in [0.4, 0.5) is 4.79 Å². The molecule has 1 aliphatic rings. The minimum absolute atomic E-state index is 0.110. The number of amides is 2. The van der Waals surface area contributed by atoms with Crippen molar-refractivity contribution in [3.63, 3.8) is 0 Å². The van der Waals surface area contributed by atoms with E-state index in [9.17, 15) is 4.79 Å². The lowest BCUT2D eigenvalue weighted by atomic mass is 9.84. The van der Waals surface area contributed by atoms with E-state index in [-0.39, 0.29) is 18.6 Å². The lowest BCUT2D eigenvalue weighted by Gasteiger charge is -2.29. The quantitative estimate of drug-likeness (QED) is 0.901. The summed E-state index contributed by atoms with van der Waals surface area (Å²) in [5, 5.41) is 7.06. The number of rotatable bonds is 5. The fourth-order valence-electron chi connectivity index (χ4n) is 3.27. The molecule has 3 rings (SSSR count). The van der Waals surface area contributed by atoms with Crippen molar-refractivity contribution in [3.8, 4) is 11.4 Å². The monoisotopic (exact) mass is 343 g/mol. The number of carbonyl (C=O) groups is 1. The maximum atomic E-state index is 12.4. The largest absolute Gasteiger partial charge is 0.337 e. The average molecular weight is 343 g/mol. The van der Waals surface area contributed by atoms with Crippen molar-refractivity contribution in [1.82, 2.24) is 25.3 Å². The van der Waals surface area contributed by atoms with Crippen LogP contribution >= 0.6 is 0 Å². The minimum Gasteiger partial charge on any atom is -0.337 e. The summed E-state index contributed by atoms with van der Waals surface area (Å²) >= 11 is 0. The van der Waals surface area contributed by atoms with Gasteiger partial charge in [0.1, 0.15) is 6.54 Å². The smallest absolute Gasteiger partial charge is 0.317 e. The van der Waals surface area contributed by atoms with Crippen LogP contribution in [-0.2, 0) is 6.54 Å². The van der Waals surface area contributed by atoms with Crippen LogP contribution in [0.5, 0.6) is 0 Å². The molecule has 2 aromatic heterocycles. The van der Waals surface area contributed by atoms with Gasteiger partial charge in [0.2, 0.25) is 11.7 Å². The Morgan fingerprint density at radius 1 is 1.32 bits per heavy atom. The first kappa shape index (κ1) is 17.4. The van der Waals surface area contributed by atoms with Crippen molar-refractivity contribution in [2.45, 2.75) is 51.6 Å². The van der Waals surface area contributed by atoms with Crippen molar-refractivity contribution in [3.05, 3.63) is 30.4 Å². The van der Waals surface area contributed by atoms with Crippen LogP contribution < -0.4 is 5.32 Å². The molecule has 1 saturated carbocycles. The second-order valence-electron chi connectivity index (χ2n) is 6.74. The number of aromatic nitrogens is 3. The fourth-order valence-corrected chi connectivity index (χ4v) is 3.27. The Morgan fingerprint density at radius 3 is 2.76 bits per heavy atom. The molecule has 25 heavy (non-hydrogen) atoms. The predicted molar refractivity (Wildman–Crippen MR) is 93.6 cm³/mol. The van der Waals surface area contributed by atoms with Gasteiger partial charge in [0, 0.05) is 31.0 Å². The second kappa shape index (κ2) is 8.09. The van der Waals surface area contributed by atoms with Gasteiger partial charge < -0.3 is 14.7 Å². The van der Waals surface area contributed by atoms with Gasteiger partial charge in [0.15, 0.2) is 0 Å². The Balaban J connectivity index is 1.54. The summed E-state index contributed by atoms with van der Waals surface area (Å²) in [6.07, 6.45) is 9.60. The molecule has 7 nitrogen and oxygen atoms in total. The Morgan fingerprint density at radius 2 is 2.04 bits per heavy atom. The molecule has 1 atom stereocenters. The average Bonchev–Trinajstić information content (AvgIpc) is 3.11. The van der Waals surface area contributed by atoms with Gasteiger partial charge in [-0.05, 0) is 37.8 Å². The van der Waals surface area contributed by atoms with Crippen molar-refractivity contribution in [2.75, 3.05) is 7.05 Å². The topological polar surface area (TPSA) is 84.2 Å². The van der Waals surface area contributed by atoms with E-state index in [0.717, 1.165) is 5.56 Å². The Labute approximate surface area is 147 Å². The number of urea groups is 1. The summed E-state index contributed by atoms with van der Waals surface area (Å²) in [5.74, 6) is 1.49. The highest BCUT2D eigenvalue weighted by Gasteiger charge is 2.23. The molecular weight excluding hydrogens is 318 g/mol. The highest BCUT2D eigenvalue weighted by Crippen LogP contribution is 2.26. The number of hydrogen-bond donors (Lipinski definition) is 1. The standard InChI is InChI=1S/C18H25N5O2/c1-13(14-6-4-3-5-7-14)20-18(24)23(2)12-16-21-17(22-25-16)15-8-10-19-11-9-15/h8-11,13-14H,3-7,12H2,1-2H3,(H,20,24). The lowest BCUT2D eigenvalue weighted by molar-refractivity contribution is 0.187. The van der Waals surface area contributed by atoms with Crippen LogP contribution in [-0.4, -0.2) is 39.1 Å². The Kier molecular flexibility index (Phi) is 5.63. The molecule has 0 bridgehead atoms. The van der Waals surface area contributed by atoms with Crippen LogP contribution in [0, 0.1) is 5.92 Å². The van der Waals surface area contributed by atoms with Crippen molar-refractivity contribution < 1.29 is 9.32 Å². The van der Waals surface area contributed by atoms with E-state index in [1.165, 1.54) is 32.1 Å². The number of pyridine rings is 1. The van der Waals surface area contributed by atoms with E-state index in [0.29, 0.717) is 17.6 Å². The fraction of sp³-hybridized carbons (Fsp3) is 0.556. The Hall–Kier alpha value is -2.44. The number of nitrogens with one attached hydrogen (secondary N) is 1. The summed E-state index contributed by atoms with van der Waals surface area (Å²) < 4.78 is 5.26. The third kappa shape index (κ3) is 4.55. The van der Waals surface area contributed by atoms with E-state index >= 15 is 0 Å². The molecule has 1 fully saturated rings. The third-order valence-electron chi connectivity index (χ3n) is 4.83. The zero-order valence-corrected chi connectivity index (χ0v) is 14.8. The normalized spacial score (nSPS) is 16.4. The second-order valence-corrected chi connectivity index (χ2v) is 6.74. The van der Waals surface area contributed by atoms with Crippen molar-refractivity contribution >= 4 is 6.03 Å². The highest BCUT2D eigenvalue weighted by atomic mass is 16.5. The van der Waals surface area contributed by atoms with E-state index in [4.69, 9.17) is 4.52 Å². The zero-order valence-electron chi connectivity index (χ0n) is 14.8. The van der Waals surface area contributed by atoms with Gasteiger partial charge >= 0.3 is 6.03 Å². The van der Waals surface area contributed by atoms with Gasteiger partial charge in [-0.3, -0.25) is 4.98 Å². The molecule has 1 N–H and O–H groups in total. The number of hydrogen-bond acceptors (Lipinski definition) is 5. The van der Waals surface area contributed by atoms with E-state index in [2.05, 4.69) is 27.4 Å². The molecule has 0 spiro atoms. The van der Waals surface area contributed by atoms with Gasteiger partial charge in [0.05, 0.1) is 0 Å². The molecule has 1 aliphatic carbocycles. The summed E-state index contributed by atoms with van der Waals surface area (Å²) in [5.41, 5.74) is 0.836. The van der Waals surface area contributed by atoms with E-state index < -0.39 is 0 Å². The molecule has 134 valence electrons. The predicted octanol–water partition coefficient (Wildman–Crippen LogP) is 3.24. The van der Waals surface area contributed by atoms with Crippen LogP contribution in [0.2, 0.25) is 0 Å². The minimum atomic E-state index is -0.110. The molecule has 2 heterocycles. The third-order valence-corrected chi connectivity index (χ3v) is 4.83. The van der Waals surface area contributed by atoms with E-state index in [1.54, 1.807) is 24.3 Å². The van der Waals surface area contributed by atoms with Crippen LogP contribution in [0.3, 0.4) is 0 Å². The molecule has 0 radical (unpaired) electrons. The maximum Gasteiger partial charge on any atom is 0.317 e. The molecule has 0 saturated heterocycles. The van der Waals surface area contributed by atoms with Gasteiger partial charge in [-0.25, -0.2) is 4.79 Å². The molecule has 1 unspecified atom stereocenters. The number of nitrogens with zero attached hydrogens (tertiary/aromatic N) is 4. The number of carbonyl (C=O) groups excluding carboxylic acids is 1. The van der Waals surface area contributed by atoms with Crippen molar-refractivity contribution in [1.29, 1.82) is 0 Å². The van der Waals surface area contributed by atoms with Gasteiger partial charge in [-0.15, -0.1) is 0 Å². The first-order valence-corrected chi connectivity index (χ1v) is 8.88. The first-order chi connectivity index (χ1) is 12.1. The molecule has 0 aliphatic heterocycles. The molecule has 7 heteroatoms. The SMILES string of the molecule is CC(NC(=O)N(C)Cc1nc(-c2ccncc2)no1)C1CCCCC1. The first-order valence-electron chi connectivity index (χ1n) is 8.88. The summed E-state index contributed by atoms with van der Waals surface area (Å²) in [7, 11) is 1.74. The van der Waals surface area contributed by atoms with Crippen LogP contribution in [0.1, 0.15) is 44.9 Å². The molecule has 2 aromatic rings. The summed E-state index contributed by atoms with van der Waals surface area (Å²) in [4.78, 5) is 22.3. The molecular formula is C18H25N5O2. The van der Waals surface area contributed by atoms with Crippen LogP contribution in [0.15, 0.2) is 29.0 Å². The van der Waals surface area contributed by atoms with Gasteiger partial charge in [-0.1, -0.05) is 24.4 Å². The zero-order chi connectivity index (χ0) is 17.6. The van der Waals surface area contributed by atoms with E-state index in [1.807, 2.05) is 12.1 Å². The molecule has 2 amide bonds. The van der Waals surface area contributed by atoms with Crippen molar-refractivity contribution in [2.24, 2.45) is 5.92 Å². The maximum absolute atomic E-state index is 12.4. The summed E-state index contributed by atoms with van der Waals surface area (Å²) in [6.45, 7) is 2.37.